The Morgan fingerprint density at radius 1 is 1.26 bits per heavy atom. The fourth-order valence-corrected chi connectivity index (χ4v) is 3.32. The summed E-state index contributed by atoms with van der Waals surface area (Å²) in [5, 5.41) is 2.83. The lowest BCUT2D eigenvalue weighted by molar-refractivity contribution is -0.115. The van der Waals surface area contributed by atoms with Gasteiger partial charge in [0, 0.05) is 17.1 Å². The van der Waals surface area contributed by atoms with Crippen molar-refractivity contribution in [3.63, 3.8) is 0 Å². The number of esters is 1. The smallest absolute Gasteiger partial charge is 0.338 e. The van der Waals surface area contributed by atoms with Crippen LogP contribution in [0.5, 0.6) is 0 Å². The van der Waals surface area contributed by atoms with Crippen molar-refractivity contribution in [2.75, 3.05) is 11.1 Å². The standard InChI is InChI=1S/C18H17NO3S/c1-12-3-2-4-13(9-12)11-22-18(21)14-5-6-16-15(10-14)19-17(20)7-8-23-16/h2-6,9-10H,7-8,11H2,1H3,(H,19,20). The zero-order valence-electron chi connectivity index (χ0n) is 12.8. The van der Waals surface area contributed by atoms with E-state index in [0.29, 0.717) is 17.7 Å². The number of nitrogens with one attached hydrogen (secondary N) is 1. The van der Waals surface area contributed by atoms with Crippen LogP contribution in [0.25, 0.3) is 0 Å². The highest BCUT2D eigenvalue weighted by molar-refractivity contribution is 7.99. The van der Waals surface area contributed by atoms with E-state index in [-0.39, 0.29) is 12.5 Å². The first-order chi connectivity index (χ1) is 11.1. The zero-order chi connectivity index (χ0) is 16.2. The number of rotatable bonds is 3. The highest BCUT2D eigenvalue weighted by Gasteiger charge is 2.16. The predicted molar refractivity (Wildman–Crippen MR) is 90.7 cm³/mol. The number of carbonyl (C=O) groups is 2. The summed E-state index contributed by atoms with van der Waals surface area (Å²) >= 11 is 1.61. The Morgan fingerprint density at radius 2 is 2.13 bits per heavy atom. The average Bonchev–Trinajstić information content (AvgIpc) is 2.72. The van der Waals surface area contributed by atoms with Gasteiger partial charge in [-0.15, -0.1) is 11.8 Å². The third kappa shape index (κ3) is 3.93. The normalized spacial score (nSPS) is 13.7. The molecule has 1 amide bonds. The molecule has 23 heavy (non-hydrogen) atoms. The van der Waals surface area contributed by atoms with Crippen molar-refractivity contribution in [2.24, 2.45) is 0 Å². The van der Waals surface area contributed by atoms with Gasteiger partial charge in [-0.05, 0) is 30.7 Å². The number of aryl methyl sites for hydroxylation is 1. The molecule has 0 atom stereocenters. The van der Waals surface area contributed by atoms with Crippen LogP contribution in [-0.4, -0.2) is 17.6 Å². The third-order valence-corrected chi connectivity index (χ3v) is 4.60. The molecule has 0 spiro atoms. The van der Waals surface area contributed by atoms with Crippen molar-refractivity contribution < 1.29 is 14.3 Å². The monoisotopic (exact) mass is 327 g/mol. The highest BCUT2D eigenvalue weighted by Crippen LogP contribution is 2.31. The minimum atomic E-state index is -0.391. The van der Waals surface area contributed by atoms with Crippen LogP contribution in [-0.2, 0) is 16.1 Å². The van der Waals surface area contributed by atoms with Gasteiger partial charge in [-0.3, -0.25) is 4.79 Å². The lowest BCUT2D eigenvalue weighted by Gasteiger charge is -2.09. The van der Waals surface area contributed by atoms with Crippen molar-refractivity contribution in [2.45, 2.75) is 24.8 Å². The Labute approximate surface area is 139 Å². The van der Waals surface area contributed by atoms with Gasteiger partial charge in [-0.2, -0.15) is 0 Å². The summed E-state index contributed by atoms with van der Waals surface area (Å²) in [4.78, 5) is 24.8. The van der Waals surface area contributed by atoms with E-state index in [1.54, 1.807) is 23.9 Å². The van der Waals surface area contributed by atoms with Crippen LogP contribution in [0, 0.1) is 6.92 Å². The number of hydrogen-bond acceptors (Lipinski definition) is 4. The fraction of sp³-hybridized carbons (Fsp3) is 0.222. The van der Waals surface area contributed by atoms with Crippen LogP contribution < -0.4 is 5.32 Å². The topological polar surface area (TPSA) is 55.4 Å². The maximum absolute atomic E-state index is 12.2. The summed E-state index contributed by atoms with van der Waals surface area (Å²) in [6.45, 7) is 2.23. The van der Waals surface area contributed by atoms with E-state index in [4.69, 9.17) is 4.74 Å². The number of fused-ring (bicyclic) bond motifs is 1. The second kappa shape index (κ2) is 6.87. The van der Waals surface area contributed by atoms with E-state index in [0.717, 1.165) is 21.8 Å². The second-order valence-corrected chi connectivity index (χ2v) is 6.56. The van der Waals surface area contributed by atoms with Gasteiger partial charge in [0.15, 0.2) is 0 Å². The van der Waals surface area contributed by atoms with Crippen molar-refractivity contribution in [3.05, 3.63) is 59.2 Å². The number of hydrogen-bond donors (Lipinski definition) is 1. The minimum Gasteiger partial charge on any atom is -0.457 e. The van der Waals surface area contributed by atoms with Crippen LogP contribution in [0.15, 0.2) is 47.4 Å². The summed E-state index contributed by atoms with van der Waals surface area (Å²) in [6, 6.07) is 13.1. The number of anilines is 1. The van der Waals surface area contributed by atoms with E-state index in [1.165, 1.54) is 0 Å². The average molecular weight is 327 g/mol. The molecule has 2 aromatic rings. The molecule has 0 radical (unpaired) electrons. The van der Waals surface area contributed by atoms with E-state index >= 15 is 0 Å². The van der Waals surface area contributed by atoms with Gasteiger partial charge >= 0.3 is 5.97 Å². The van der Waals surface area contributed by atoms with Crippen LogP contribution in [0.1, 0.15) is 27.9 Å². The predicted octanol–water partition coefficient (Wildman–Crippen LogP) is 3.79. The molecular formula is C18H17NO3S. The van der Waals surface area contributed by atoms with E-state index < -0.39 is 5.97 Å². The first kappa shape index (κ1) is 15.6. The molecule has 1 N–H and O–H groups in total. The van der Waals surface area contributed by atoms with Crippen molar-refractivity contribution in [1.29, 1.82) is 0 Å². The summed E-state index contributed by atoms with van der Waals surface area (Å²) in [5.41, 5.74) is 3.21. The summed E-state index contributed by atoms with van der Waals surface area (Å²) in [5.74, 6) is 0.329. The molecule has 5 heteroatoms. The van der Waals surface area contributed by atoms with E-state index in [9.17, 15) is 9.59 Å². The molecule has 0 saturated heterocycles. The van der Waals surface area contributed by atoms with Gasteiger partial charge in [-0.1, -0.05) is 29.8 Å². The molecule has 4 nitrogen and oxygen atoms in total. The molecule has 1 aliphatic heterocycles. The van der Waals surface area contributed by atoms with E-state index in [2.05, 4.69) is 5.32 Å². The summed E-state index contributed by atoms with van der Waals surface area (Å²) in [7, 11) is 0. The van der Waals surface area contributed by atoms with Gasteiger partial charge in [0.05, 0.1) is 11.3 Å². The number of carbonyl (C=O) groups excluding carboxylic acids is 2. The number of ether oxygens (including phenoxy) is 1. The first-order valence-corrected chi connectivity index (χ1v) is 8.40. The van der Waals surface area contributed by atoms with Crippen LogP contribution in [0.2, 0.25) is 0 Å². The van der Waals surface area contributed by atoms with Crippen LogP contribution in [0.3, 0.4) is 0 Å². The Hall–Kier alpha value is -2.27. The van der Waals surface area contributed by atoms with E-state index in [1.807, 2.05) is 37.3 Å². The zero-order valence-corrected chi connectivity index (χ0v) is 13.6. The first-order valence-electron chi connectivity index (χ1n) is 7.41. The lowest BCUT2D eigenvalue weighted by atomic mass is 10.1. The molecule has 1 aliphatic rings. The fourth-order valence-electron chi connectivity index (χ4n) is 2.38. The van der Waals surface area contributed by atoms with Gasteiger partial charge in [-0.25, -0.2) is 4.79 Å². The second-order valence-electron chi connectivity index (χ2n) is 5.42. The molecule has 2 aromatic carbocycles. The molecule has 0 aromatic heterocycles. The molecule has 118 valence electrons. The third-order valence-electron chi connectivity index (χ3n) is 3.53. The Bertz CT molecular complexity index is 758. The number of amides is 1. The summed E-state index contributed by atoms with van der Waals surface area (Å²) in [6.07, 6.45) is 0.479. The Balaban J connectivity index is 1.71. The van der Waals surface area contributed by atoms with Gasteiger partial charge in [0.2, 0.25) is 5.91 Å². The molecular weight excluding hydrogens is 310 g/mol. The lowest BCUT2D eigenvalue weighted by Crippen LogP contribution is -2.11. The maximum atomic E-state index is 12.2. The van der Waals surface area contributed by atoms with Crippen molar-refractivity contribution in [3.8, 4) is 0 Å². The highest BCUT2D eigenvalue weighted by atomic mass is 32.2. The SMILES string of the molecule is Cc1cccc(COC(=O)c2ccc3c(c2)NC(=O)CCS3)c1. The molecule has 0 fully saturated rings. The molecule has 1 heterocycles. The quantitative estimate of drug-likeness (QED) is 0.872. The van der Waals surface area contributed by atoms with Crippen LogP contribution in [0.4, 0.5) is 5.69 Å². The molecule has 3 rings (SSSR count). The van der Waals surface area contributed by atoms with Gasteiger partial charge < -0.3 is 10.1 Å². The van der Waals surface area contributed by atoms with Crippen LogP contribution >= 0.6 is 11.8 Å². The van der Waals surface area contributed by atoms with Crippen molar-refractivity contribution in [1.82, 2.24) is 0 Å². The van der Waals surface area contributed by atoms with Gasteiger partial charge in [0.1, 0.15) is 6.61 Å². The minimum absolute atomic E-state index is 0.0264. The molecule has 0 bridgehead atoms. The molecule has 0 saturated carbocycles. The largest absolute Gasteiger partial charge is 0.457 e. The molecule has 0 unspecified atom stereocenters. The number of benzene rings is 2. The number of thioether (sulfide) groups is 1. The van der Waals surface area contributed by atoms with Gasteiger partial charge in [0.25, 0.3) is 0 Å². The Morgan fingerprint density at radius 3 is 2.96 bits per heavy atom. The summed E-state index contributed by atoms with van der Waals surface area (Å²) < 4.78 is 5.36. The molecule has 0 aliphatic carbocycles. The Kier molecular flexibility index (Phi) is 4.67. The van der Waals surface area contributed by atoms with Crippen molar-refractivity contribution >= 4 is 29.3 Å². The maximum Gasteiger partial charge on any atom is 0.338 e.